The monoisotopic (exact) mass is 282 g/mol. The van der Waals surface area contributed by atoms with Crippen LogP contribution in [0, 0.1) is 5.92 Å². The van der Waals surface area contributed by atoms with Crippen molar-refractivity contribution < 1.29 is 0 Å². The van der Waals surface area contributed by atoms with E-state index in [1.807, 2.05) is 0 Å². The molecule has 3 N–H and O–H groups in total. The molecule has 3 heteroatoms. The molecule has 16 heavy (non-hydrogen) atoms. The van der Waals surface area contributed by atoms with Crippen LogP contribution in [0.25, 0.3) is 0 Å². The van der Waals surface area contributed by atoms with Crippen LogP contribution in [0.3, 0.4) is 0 Å². The molecule has 0 radical (unpaired) electrons. The van der Waals surface area contributed by atoms with Gasteiger partial charge in [0, 0.05) is 10.4 Å². The second-order valence-electron chi connectivity index (χ2n) is 4.50. The van der Waals surface area contributed by atoms with Gasteiger partial charge in [0.05, 0.1) is 0 Å². The van der Waals surface area contributed by atoms with Crippen molar-refractivity contribution in [2.75, 3.05) is 19.6 Å². The van der Waals surface area contributed by atoms with Gasteiger partial charge in [0.1, 0.15) is 0 Å². The molecule has 0 saturated carbocycles. The zero-order valence-corrected chi connectivity index (χ0v) is 11.0. The van der Waals surface area contributed by atoms with Crippen molar-refractivity contribution in [3.8, 4) is 0 Å². The number of halogens is 1. The standard InChI is InChI=1S/C13H19BrN2/c14-12-5-3-10(4-6-12)13(8-15)11-2-1-7-16-9-11/h3-6,11,13,16H,1-2,7-9,15H2. The van der Waals surface area contributed by atoms with Crippen LogP contribution in [0.1, 0.15) is 24.3 Å². The Labute approximate surface area is 106 Å². The van der Waals surface area contributed by atoms with Gasteiger partial charge in [-0.25, -0.2) is 0 Å². The molecule has 0 aliphatic carbocycles. The van der Waals surface area contributed by atoms with Gasteiger partial charge in [-0.1, -0.05) is 28.1 Å². The molecule has 0 aromatic heterocycles. The van der Waals surface area contributed by atoms with E-state index < -0.39 is 0 Å². The van der Waals surface area contributed by atoms with E-state index in [9.17, 15) is 0 Å². The van der Waals surface area contributed by atoms with Gasteiger partial charge in [-0.3, -0.25) is 0 Å². The molecule has 88 valence electrons. The second-order valence-corrected chi connectivity index (χ2v) is 5.42. The van der Waals surface area contributed by atoms with Gasteiger partial charge in [0.15, 0.2) is 0 Å². The van der Waals surface area contributed by atoms with Crippen molar-refractivity contribution in [3.05, 3.63) is 34.3 Å². The van der Waals surface area contributed by atoms with E-state index in [0.717, 1.165) is 24.1 Å². The maximum atomic E-state index is 5.93. The maximum absolute atomic E-state index is 5.93. The Bertz CT molecular complexity index is 317. The topological polar surface area (TPSA) is 38.0 Å². The minimum absolute atomic E-state index is 0.501. The first kappa shape index (κ1) is 12.1. The van der Waals surface area contributed by atoms with Gasteiger partial charge in [0.25, 0.3) is 0 Å². The van der Waals surface area contributed by atoms with E-state index >= 15 is 0 Å². The Morgan fingerprint density at radius 3 is 2.69 bits per heavy atom. The lowest BCUT2D eigenvalue weighted by atomic mass is 9.82. The molecule has 2 nitrogen and oxygen atoms in total. The maximum Gasteiger partial charge on any atom is 0.0175 e. The van der Waals surface area contributed by atoms with Gasteiger partial charge in [-0.05, 0) is 56.1 Å². The summed E-state index contributed by atoms with van der Waals surface area (Å²) in [5, 5.41) is 3.47. The predicted octanol–water partition coefficient (Wildman–Crippen LogP) is 2.49. The van der Waals surface area contributed by atoms with E-state index in [4.69, 9.17) is 5.73 Å². The van der Waals surface area contributed by atoms with Crippen molar-refractivity contribution in [2.24, 2.45) is 11.7 Å². The lowest BCUT2D eigenvalue weighted by Crippen LogP contribution is -2.35. The first-order valence-corrected chi connectivity index (χ1v) is 6.77. The zero-order chi connectivity index (χ0) is 11.4. The molecule has 1 fully saturated rings. The molecule has 1 aliphatic rings. The average Bonchev–Trinajstić information content (AvgIpc) is 2.34. The molecule has 2 unspecified atom stereocenters. The van der Waals surface area contributed by atoms with Crippen LogP contribution < -0.4 is 11.1 Å². The van der Waals surface area contributed by atoms with Crippen molar-refractivity contribution in [2.45, 2.75) is 18.8 Å². The highest BCUT2D eigenvalue weighted by atomic mass is 79.9. The van der Waals surface area contributed by atoms with Gasteiger partial charge >= 0.3 is 0 Å². The largest absolute Gasteiger partial charge is 0.330 e. The Morgan fingerprint density at radius 2 is 2.12 bits per heavy atom. The Hall–Kier alpha value is -0.380. The number of benzene rings is 1. The number of piperidine rings is 1. The molecule has 2 atom stereocenters. The summed E-state index contributed by atoms with van der Waals surface area (Å²) in [4.78, 5) is 0. The van der Waals surface area contributed by atoms with Gasteiger partial charge in [-0.15, -0.1) is 0 Å². The van der Waals surface area contributed by atoms with Gasteiger partial charge in [-0.2, -0.15) is 0 Å². The van der Waals surface area contributed by atoms with Crippen molar-refractivity contribution in [1.82, 2.24) is 5.32 Å². The van der Waals surface area contributed by atoms with E-state index in [0.29, 0.717) is 11.8 Å². The van der Waals surface area contributed by atoms with Crippen LogP contribution >= 0.6 is 15.9 Å². The number of hydrogen-bond donors (Lipinski definition) is 2. The summed E-state index contributed by atoms with van der Waals surface area (Å²) in [6, 6.07) is 8.59. The third kappa shape index (κ3) is 2.84. The summed E-state index contributed by atoms with van der Waals surface area (Å²) >= 11 is 3.47. The SMILES string of the molecule is NCC(c1ccc(Br)cc1)C1CCCNC1. The van der Waals surface area contributed by atoms with E-state index in [-0.39, 0.29) is 0 Å². The third-order valence-corrected chi connectivity index (χ3v) is 3.98. The lowest BCUT2D eigenvalue weighted by Gasteiger charge is -2.30. The number of nitrogens with two attached hydrogens (primary N) is 1. The minimum Gasteiger partial charge on any atom is -0.330 e. The summed E-state index contributed by atoms with van der Waals surface area (Å²) < 4.78 is 1.13. The quantitative estimate of drug-likeness (QED) is 0.894. The molecule has 1 aliphatic heterocycles. The van der Waals surface area contributed by atoms with Crippen LogP contribution in [0.4, 0.5) is 0 Å². The predicted molar refractivity (Wildman–Crippen MR) is 71.5 cm³/mol. The first-order chi connectivity index (χ1) is 7.81. The van der Waals surface area contributed by atoms with E-state index in [1.54, 1.807) is 0 Å². The highest BCUT2D eigenvalue weighted by Gasteiger charge is 2.23. The Balaban J connectivity index is 2.11. The van der Waals surface area contributed by atoms with Crippen LogP contribution in [0.5, 0.6) is 0 Å². The summed E-state index contributed by atoms with van der Waals surface area (Å²) in [6.07, 6.45) is 2.57. The summed E-state index contributed by atoms with van der Waals surface area (Å²) in [7, 11) is 0. The third-order valence-electron chi connectivity index (χ3n) is 3.46. The fourth-order valence-corrected chi connectivity index (χ4v) is 2.80. The van der Waals surface area contributed by atoms with Crippen molar-refractivity contribution in [1.29, 1.82) is 0 Å². The first-order valence-electron chi connectivity index (χ1n) is 5.97. The molecule has 2 rings (SSSR count). The molecular weight excluding hydrogens is 264 g/mol. The van der Waals surface area contributed by atoms with Gasteiger partial charge < -0.3 is 11.1 Å². The molecule has 0 bridgehead atoms. The van der Waals surface area contributed by atoms with E-state index in [1.165, 1.54) is 18.4 Å². The average molecular weight is 283 g/mol. The van der Waals surface area contributed by atoms with Crippen LogP contribution in [-0.4, -0.2) is 19.6 Å². The zero-order valence-electron chi connectivity index (χ0n) is 9.45. The highest BCUT2D eigenvalue weighted by molar-refractivity contribution is 9.10. The minimum atomic E-state index is 0.501. The van der Waals surface area contributed by atoms with Crippen LogP contribution in [0.2, 0.25) is 0 Å². The summed E-state index contributed by atoms with van der Waals surface area (Å²) in [5.74, 6) is 1.20. The highest BCUT2D eigenvalue weighted by Crippen LogP contribution is 2.29. The molecular formula is C13H19BrN2. The molecule has 0 amide bonds. The normalized spacial score (nSPS) is 23.0. The van der Waals surface area contributed by atoms with Gasteiger partial charge in [0.2, 0.25) is 0 Å². The fourth-order valence-electron chi connectivity index (χ4n) is 2.53. The second kappa shape index (κ2) is 5.80. The van der Waals surface area contributed by atoms with Crippen LogP contribution in [0.15, 0.2) is 28.7 Å². The van der Waals surface area contributed by atoms with Crippen molar-refractivity contribution >= 4 is 15.9 Å². The Kier molecular flexibility index (Phi) is 4.38. The molecule has 1 aromatic rings. The van der Waals surface area contributed by atoms with Crippen LogP contribution in [-0.2, 0) is 0 Å². The lowest BCUT2D eigenvalue weighted by molar-refractivity contribution is 0.325. The van der Waals surface area contributed by atoms with Crippen molar-refractivity contribution in [3.63, 3.8) is 0 Å². The smallest absolute Gasteiger partial charge is 0.0175 e. The number of rotatable bonds is 3. The molecule has 1 heterocycles. The summed E-state index contributed by atoms with van der Waals surface area (Å²) in [5.41, 5.74) is 7.31. The number of hydrogen-bond acceptors (Lipinski definition) is 2. The number of nitrogens with one attached hydrogen (secondary N) is 1. The molecule has 1 saturated heterocycles. The van der Waals surface area contributed by atoms with E-state index in [2.05, 4.69) is 45.5 Å². The fraction of sp³-hybridized carbons (Fsp3) is 0.538. The summed E-state index contributed by atoms with van der Waals surface area (Å²) in [6.45, 7) is 3.01. The Morgan fingerprint density at radius 1 is 1.38 bits per heavy atom. The molecule has 1 aromatic carbocycles. The molecule has 0 spiro atoms.